The molecule has 0 unspecified atom stereocenters. The Bertz CT molecular complexity index is 943. The number of carbonyl (C=O) groups is 1. The van der Waals surface area contributed by atoms with E-state index < -0.39 is 10.0 Å². The normalized spacial score (nSPS) is 15.7. The highest BCUT2D eigenvalue weighted by atomic mass is 79.9. The molecule has 1 aromatic carbocycles. The van der Waals surface area contributed by atoms with E-state index in [2.05, 4.69) is 21.2 Å². The van der Waals surface area contributed by atoms with Gasteiger partial charge in [0.2, 0.25) is 10.0 Å². The molecule has 0 bridgehead atoms. The van der Waals surface area contributed by atoms with Gasteiger partial charge in [-0.3, -0.25) is 4.79 Å². The van der Waals surface area contributed by atoms with E-state index in [9.17, 15) is 13.2 Å². The molecule has 1 amide bonds. The molecule has 0 atom stereocenters. The first-order valence-corrected chi connectivity index (χ1v) is 11.2. The van der Waals surface area contributed by atoms with E-state index in [0.29, 0.717) is 18.8 Å². The second-order valence-corrected chi connectivity index (χ2v) is 9.66. The van der Waals surface area contributed by atoms with E-state index in [0.717, 1.165) is 22.9 Å². The van der Waals surface area contributed by atoms with E-state index in [-0.39, 0.29) is 16.3 Å². The molecule has 8 heteroatoms. The van der Waals surface area contributed by atoms with Crippen LogP contribution in [0.15, 0.2) is 45.9 Å². The fourth-order valence-electron chi connectivity index (χ4n) is 3.27. The standard InChI is InChI=1S/C19H24BrN3O3S/c1-4-23(5-2)27(25,26)16-12-17(22(3)13-16)18(24)21-19(10-11-19)14-6-8-15(20)9-7-14/h6-9,12-13H,4-5,10-11H2,1-3H3,(H,21,24). The van der Waals surface area contributed by atoms with Crippen LogP contribution in [0, 0.1) is 0 Å². The maximum Gasteiger partial charge on any atom is 0.268 e. The summed E-state index contributed by atoms with van der Waals surface area (Å²) in [7, 11) is -1.90. The molecule has 2 aromatic rings. The van der Waals surface area contributed by atoms with Crippen molar-refractivity contribution >= 4 is 31.9 Å². The summed E-state index contributed by atoms with van der Waals surface area (Å²) in [4.78, 5) is 13.0. The number of hydrogen-bond acceptors (Lipinski definition) is 3. The average molecular weight is 454 g/mol. The Morgan fingerprint density at radius 3 is 2.33 bits per heavy atom. The number of nitrogens with zero attached hydrogens (tertiary/aromatic N) is 2. The maximum atomic E-state index is 12.9. The predicted molar refractivity (Wildman–Crippen MR) is 108 cm³/mol. The third-order valence-electron chi connectivity index (χ3n) is 5.06. The summed E-state index contributed by atoms with van der Waals surface area (Å²) >= 11 is 3.42. The largest absolute Gasteiger partial charge is 0.345 e. The molecular formula is C19H24BrN3O3S. The minimum absolute atomic E-state index is 0.146. The Kier molecular flexibility index (Phi) is 5.52. The van der Waals surface area contributed by atoms with E-state index in [1.54, 1.807) is 25.5 Å². The molecule has 3 rings (SSSR count). The number of aryl methyl sites for hydroxylation is 1. The van der Waals surface area contributed by atoms with Gasteiger partial charge < -0.3 is 9.88 Å². The Balaban J connectivity index is 1.84. The number of rotatable bonds is 7. The Hall–Kier alpha value is -1.64. The lowest BCUT2D eigenvalue weighted by molar-refractivity contribution is 0.0922. The van der Waals surface area contributed by atoms with Gasteiger partial charge in [0.05, 0.1) is 5.54 Å². The van der Waals surface area contributed by atoms with Gasteiger partial charge in [-0.05, 0) is 36.6 Å². The summed E-state index contributed by atoms with van der Waals surface area (Å²) in [6.45, 7) is 4.38. The molecule has 1 aliphatic rings. The molecular weight excluding hydrogens is 430 g/mol. The molecule has 0 saturated heterocycles. The van der Waals surface area contributed by atoms with Crippen LogP contribution in [0.2, 0.25) is 0 Å². The van der Waals surface area contributed by atoms with Crippen molar-refractivity contribution in [2.24, 2.45) is 7.05 Å². The van der Waals surface area contributed by atoms with Crippen LogP contribution < -0.4 is 5.32 Å². The molecule has 0 radical (unpaired) electrons. The Labute approximate surface area is 168 Å². The van der Waals surface area contributed by atoms with E-state index in [1.807, 2.05) is 24.3 Å². The highest BCUT2D eigenvalue weighted by Crippen LogP contribution is 2.46. The number of nitrogens with one attached hydrogen (secondary N) is 1. The average Bonchev–Trinajstić information content (AvgIpc) is 3.28. The van der Waals surface area contributed by atoms with Crippen LogP contribution in [0.1, 0.15) is 42.7 Å². The highest BCUT2D eigenvalue weighted by molar-refractivity contribution is 9.10. The second-order valence-electron chi connectivity index (χ2n) is 6.80. The minimum atomic E-state index is -3.59. The van der Waals surface area contributed by atoms with Gasteiger partial charge in [0.1, 0.15) is 10.6 Å². The number of sulfonamides is 1. The molecule has 1 saturated carbocycles. The lowest BCUT2D eigenvalue weighted by Gasteiger charge is -2.18. The number of halogens is 1. The van der Waals surface area contributed by atoms with Crippen LogP contribution in [0.3, 0.4) is 0 Å². The smallest absolute Gasteiger partial charge is 0.268 e. The molecule has 27 heavy (non-hydrogen) atoms. The van der Waals surface area contributed by atoms with Crippen molar-refractivity contribution in [2.45, 2.75) is 37.1 Å². The van der Waals surface area contributed by atoms with Gasteiger partial charge in [-0.15, -0.1) is 0 Å². The van der Waals surface area contributed by atoms with Gasteiger partial charge in [-0.25, -0.2) is 8.42 Å². The second kappa shape index (κ2) is 7.41. The van der Waals surface area contributed by atoms with Crippen LogP contribution in [0.4, 0.5) is 0 Å². The first-order chi connectivity index (χ1) is 12.7. The maximum absolute atomic E-state index is 12.9. The van der Waals surface area contributed by atoms with Gasteiger partial charge in [-0.2, -0.15) is 4.31 Å². The van der Waals surface area contributed by atoms with Gasteiger partial charge in [-0.1, -0.05) is 41.9 Å². The lowest BCUT2D eigenvalue weighted by atomic mass is 10.0. The molecule has 1 aliphatic carbocycles. The SMILES string of the molecule is CCN(CC)S(=O)(=O)c1cc(C(=O)NC2(c3ccc(Br)cc3)CC2)n(C)c1. The third kappa shape index (κ3) is 3.83. The first kappa shape index (κ1) is 20.1. The summed E-state index contributed by atoms with van der Waals surface area (Å²) in [5.41, 5.74) is 1.04. The minimum Gasteiger partial charge on any atom is -0.345 e. The van der Waals surface area contributed by atoms with Gasteiger partial charge in [0.15, 0.2) is 0 Å². The summed E-state index contributed by atoms with van der Waals surface area (Å²) in [5.74, 6) is -0.265. The number of hydrogen-bond donors (Lipinski definition) is 1. The van der Waals surface area contributed by atoms with Gasteiger partial charge in [0, 0.05) is 30.8 Å². The number of aromatic nitrogens is 1. The van der Waals surface area contributed by atoms with Crippen molar-refractivity contribution in [3.63, 3.8) is 0 Å². The van der Waals surface area contributed by atoms with Crippen molar-refractivity contribution in [1.29, 1.82) is 0 Å². The molecule has 146 valence electrons. The molecule has 1 fully saturated rings. The Morgan fingerprint density at radius 1 is 1.22 bits per heavy atom. The van der Waals surface area contributed by atoms with Gasteiger partial charge in [0.25, 0.3) is 5.91 Å². The van der Waals surface area contributed by atoms with Crippen molar-refractivity contribution in [1.82, 2.24) is 14.2 Å². The van der Waals surface area contributed by atoms with Crippen molar-refractivity contribution in [3.8, 4) is 0 Å². The zero-order valence-corrected chi connectivity index (χ0v) is 18.1. The third-order valence-corrected chi connectivity index (χ3v) is 7.60. The topological polar surface area (TPSA) is 71.4 Å². The number of carbonyl (C=O) groups excluding carboxylic acids is 1. The fraction of sp³-hybridized carbons (Fsp3) is 0.421. The summed E-state index contributed by atoms with van der Waals surface area (Å²) in [6, 6.07) is 9.37. The lowest BCUT2D eigenvalue weighted by Crippen LogP contribution is -2.35. The molecule has 1 N–H and O–H groups in total. The summed E-state index contributed by atoms with van der Waals surface area (Å²) in [5, 5.41) is 3.10. The quantitative estimate of drug-likeness (QED) is 0.699. The molecule has 1 aromatic heterocycles. The van der Waals surface area contributed by atoms with Crippen molar-refractivity contribution in [2.75, 3.05) is 13.1 Å². The van der Waals surface area contributed by atoms with Gasteiger partial charge >= 0.3 is 0 Å². The van der Waals surface area contributed by atoms with Crippen molar-refractivity contribution in [3.05, 3.63) is 52.3 Å². The fourth-order valence-corrected chi connectivity index (χ4v) is 5.07. The van der Waals surface area contributed by atoms with Crippen molar-refractivity contribution < 1.29 is 13.2 Å². The van der Waals surface area contributed by atoms with Crippen LogP contribution in [-0.4, -0.2) is 36.3 Å². The summed E-state index contributed by atoms with van der Waals surface area (Å²) in [6.07, 6.45) is 3.24. The van der Waals surface area contributed by atoms with E-state index in [4.69, 9.17) is 0 Å². The van der Waals surface area contributed by atoms with Crippen LogP contribution in [0.5, 0.6) is 0 Å². The Morgan fingerprint density at radius 2 is 1.81 bits per heavy atom. The first-order valence-electron chi connectivity index (χ1n) is 8.98. The molecule has 0 aliphatic heterocycles. The molecule has 1 heterocycles. The molecule has 0 spiro atoms. The zero-order chi connectivity index (χ0) is 19.8. The van der Waals surface area contributed by atoms with E-state index in [1.165, 1.54) is 16.6 Å². The number of amides is 1. The number of benzene rings is 1. The summed E-state index contributed by atoms with van der Waals surface area (Å²) < 4.78 is 29.4. The monoisotopic (exact) mass is 453 g/mol. The highest BCUT2D eigenvalue weighted by Gasteiger charge is 2.46. The predicted octanol–water partition coefficient (Wildman–Crippen LogP) is 3.24. The van der Waals surface area contributed by atoms with Crippen LogP contribution >= 0.6 is 15.9 Å². The van der Waals surface area contributed by atoms with Crippen LogP contribution in [-0.2, 0) is 22.6 Å². The van der Waals surface area contributed by atoms with Crippen LogP contribution in [0.25, 0.3) is 0 Å². The zero-order valence-electron chi connectivity index (χ0n) is 15.7. The molecule has 6 nitrogen and oxygen atoms in total. The van der Waals surface area contributed by atoms with E-state index >= 15 is 0 Å².